The van der Waals surface area contributed by atoms with Gasteiger partial charge in [0, 0.05) is 20.7 Å². The fourth-order valence-electron chi connectivity index (χ4n) is 2.56. The minimum absolute atomic E-state index is 0. The summed E-state index contributed by atoms with van der Waals surface area (Å²) in [6, 6.07) is 15.7. The number of benzene rings is 3. The first kappa shape index (κ1) is 22.4. The van der Waals surface area contributed by atoms with Crippen molar-refractivity contribution in [2.24, 2.45) is 0 Å². The molecule has 0 spiro atoms. The van der Waals surface area contributed by atoms with Crippen LogP contribution in [-0.2, 0) is 17.1 Å². The molecule has 1 aromatic heterocycles. The van der Waals surface area contributed by atoms with Crippen molar-refractivity contribution in [1.82, 2.24) is 4.98 Å². The zero-order valence-corrected chi connectivity index (χ0v) is 18.6. The first-order valence-electron chi connectivity index (χ1n) is 7.72. The molecule has 0 saturated heterocycles. The first-order chi connectivity index (χ1) is 12.9. The number of aromatic hydroxyl groups is 1. The van der Waals surface area contributed by atoms with Crippen molar-refractivity contribution in [3.05, 3.63) is 74.4 Å². The van der Waals surface area contributed by atoms with Gasteiger partial charge in [0.05, 0.1) is 16.0 Å². The molecule has 0 saturated carbocycles. The Morgan fingerprint density at radius 3 is 2.43 bits per heavy atom. The van der Waals surface area contributed by atoms with Gasteiger partial charge in [-0.1, -0.05) is 42.1 Å². The van der Waals surface area contributed by atoms with Gasteiger partial charge < -0.3 is 20.1 Å². The van der Waals surface area contributed by atoms with E-state index < -0.39 is 5.97 Å². The number of carbonyl (C=O) groups excluding carboxylic acids is 1. The zero-order valence-electron chi connectivity index (χ0n) is 14.0. The third-order valence-corrected chi connectivity index (χ3v) is 5.60. The molecule has 0 atom stereocenters. The van der Waals surface area contributed by atoms with Gasteiger partial charge >= 0.3 is 17.1 Å². The van der Waals surface area contributed by atoms with Crippen LogP contribution in [0.1, 0.15) is 10.4 Å². The van der Waals surface area contributed by atoms with Crippen molar-refractivity contribution < 1.29 is 37.2 Å². The minimum Gasteiger partial charge on any atom is -0.871 e. The average molecular weight is 600 g/mol. The third kappa shape index (κ3) is 4.57. The van der Waals surface area contributed by atoms with E-state index in [1.165, 1.54) is 6.07 Å². The number of carbonyl (C=O) groups is 1. The number of fused-ring (bicyclic) bond motifs is 2. The second kappa shape index (κ2) is 9.56. The predicted octanol–water partition coefficient (Wildman–Crippen LogP) is 3.58. The summed E-state index contributed by atoms with van der Waals surface area (Å²) in [5.74, 6) is -1.70. The summed E-state index contributed by atoms with van der Waals surface area (Å²) in [6.45, 7) is 0. The van der Waals surface area contributed by atoms with Gasteiger partial charge in [0.25, 0.3) is 0 Å². The fourth-order valence-corrected chi connectivity index (χ4v) is 3.75. The number of halogens is 2. The number of hydrogen-bond acceptors (Lipinski definition) is 5. The molecule has 4 aromatic rings. The molecule has 1 heterocycles. The predicted molar refractivity (Wildman–Crippen MR) is 112 cm³/mol. The molecule has 28 heavy (non-hydrogen) atoms. The Labute approximate surface area is 193 Å². The number of phenols is 1. The topological polar surface area (TPSA) is 96.3 Å². The summed E-state index contributed by atoms with van der Waals surface area (Å²) in [5.41, 5.74) is 0.352. The number of rotatable bonds is 1. The number of pyridine rings is 1. The van der Waals surface area contributed by atoms with Crippen LogP contribution in [-0.4, -0.2) is 16.1 Å². The van der Waals surface area contributed by atoms with Gasteiger partial charge in [0.15, 0.2) is 0 Å². The number of nitrogens with zero attached hydrogens (tertiary/aromatic N) is 1. The molecule has 0 aliphatic rings. The quantitative estimate of drug-likeness (QED) is 0.267. The van der Waals surface area contributed by atoms with E-state index in [9.17, 15) is 20.1 Å². The van der Waals surface area contributed by atoms with Gasteiger partial charge in [-0.3, -0.25) is 4.98 Å². The van der Waals surface area contributed by atoms with Crippen LogP contribution >= 0.6 is 38.5 Å². The van der Waals surface area contributed by atoms with Gasteiger partial charge in [-0.05, 0) is 67.5 Å². The molecule has 0 aliphatic carbocycles. The van der Waals surface area contributed by atoms with Gasteiger partial charge in [-0.25, -0.2) is 0 Å². The molecule has 0 fully saturated rings. The number of carboxylic acids is 1. The van der Waals surface area contributed by atoms with Crippen molar-refractivity contribution >= 4 is 66.2 Å². The summed E-state index contributed by atoms with van der Waals surface area (Å²) in [5, 5.41) is 34.0. The van der Waals surface area contributed by atoms with Crippen molar-refractivity contribution in [2.45, 2.75) is 0 Å². The normalized spacial score (nSPS) is 10.1. The molecule has 8 heteroatoms. The van der Waals surface area contributed by atoms with Crippen LogP contribution in [0.15, 0.2) is 65.3 Å². The molecule has 0 aliphatic heterocycles. The summed E-state index contributed by atoms with van der Waals surface area (Å²) in [4.78, 5) is 14.7. The Morgan fingerprint density at radius 2 is 1.75 bits per heavy atom. The van der Waals surface area contributed by atoms with E-state index in [1.54, 1.807) is 30.5 Å². The van der Waals surface area contributed by atoms with Crippen LogP contribution < -0.4 is 10.2 Å². The fraction of sp³-hybridized carbons (Fsp3) is 0. The van der Waals surface area contributed by atoms with Gasteiger partial charge in [-0.2, -0.15) is 0 Å². The maximum absolute atomic E-state index is 11.3. The Kier molecular flexibility index (Phi) is 7.65. The van der Waals surface area contributed by atoms with Crippen LogP contribution in [0.4, 0.5) is 0 Å². The second-order valence-electron chi connectivity index (χ2n) is 5.54. The molecule has 1 radical (unpaired) electrons. The molecule has 0 bridgehead atoms. The standard InChI is InChI=1S/C11H7BrO3.C9H6INO.Cu/c12-9-7-4-2-1-3-6(7)5-8(10(9)13)11(14)15;10-7-3-4-8(12)9-6(7)2-1-5-11-9;/h1-5,13H,(H,14,15);1-5,12H;/q;;+2/p-2. The van der Waals surface area contributed by atoms with E-state index >= 15 is 0 Å². The van der Waals surface area contributed by atoms with Crippen LogP contribution in [0.2, 0.25) is 0 Å². The van der Waals surface area contributed by atoms with E-state index in [4.69, 9.17) is 0 Å². The molecule has 1 N–H and O–H groups in total. The van der Waals surface area contributed by atoms with Gasteiger partial charge in [0.2, 0.25) is 0 Å². The number of aromatic nitrogens is 1. The van der Waals surface area contributed by atoms with Crippen LogP contribution in [0.25, 0.3) is 21.7 Å². The summed E-state index contributed by atoms with van der Waals surface area (Å²) in [6.07, 6.45) is 1.64. The smallest absolute Gasteiger partial charge is 0.871 e. The van der Waals surface area contributed by atoms with Crippen LogP contribution in [0.3, 0.4) is 0 Å². The minimum atomic E-state index is -1.39. The van der Waals surface area contributed by atoms with Crippen LogP contribution in [0, 0.1) is 3.57 Å². The average Bonchev–Trinajstić information content (AvgIpc) is 2.68. The summed E-state index contributed by atoms with van der Waals surface area (Å²) >= 11 is 5.35. The van der Waals surface area contributed by atoms with Gasteiger partial charge in [0.1, 0.15) is 5.75 Å². The molecule has 145 valence electrons. The Hall–Kier alpha value is -1.87. The van der Waals surface area contributed by atoms with Crippen molar-refractivity contribution in [1.29, 1.82) is 0 Å². The van der Waals surface area contributed by atoms with Crippen molar-refractivity contribution in [2.75, 3.05) is 0 Å². The number of hydrogen-bond donors (Lipinski definition) is 1. The van der Waals surface area contributed by atoms with E-state index in [-0.39, 0.29) is 34.1 Å². The van der Waals surface area contributed by atoms with E-state index in [0.717, 1.165) is 19.7 Å². The second-order valence-corrected chi connectivity index (χ2v) is 7.50. The summed E-state index contributed by atoms with van der Waals surface area (Å²) in [7, 11) is 0. The SMILES string of the molecule is O=C([O-])c1cc2ccccc2c(Br)c1O.[Cu+2].[O-]c1ccc(I)c2cccnc12. The molecule has 0 unspecified atom stereocenters. The number of aromatic carboxylic acids is 1. The molecular weight excluding hydrogens is 589 g/mol. The van der Waals surface area contributed by atoms with E-state index in [0.29, 0.717) is 9.99 Å². The molecule has 3 aromatic carbocycles. The Morgan fingerprint density at radius 1 is 1.07 bits per heavy atom. The number of carboxylic acid groups (broad SMARTS) is 1. The molecule has 0 amide bonds. The van der Waals surface area contributed by atoms with Crippen molar-refractivity contribution in [3.8, 4) is 11.5 Å². The molecule has 5 nitrogen and oxygen atoms in total. The molecule has 4 rings (SSSR count). The maximum Gasteiger partial charge on any atom is 2.00 e. The van der Waals surface area contributed by atoms with Crippen molar-refractivity contribution in [3.63, 3.8) is 0 Å². The summed E-state index contributed by atoms with van der Waals surface area (Å²) < 4.78 is 1.44. The largest absolute Gasteiger partial charge is 2.00 e. The Bertz CT molecular complexity index is 1130. The molecular formula is C20H11BrCuINO4. The van der Waals surface area contributed by atoms with Crippen LogP contribution in [0.5, 0.6) is 11.5 Å². The third-order valence-electron chi connectivity index (χ3n) is 3.86. The maximum atomic E-state index is 11.3. The van der Waals surface area contributed by atoms with Gasteiger partial charge in [-0.15, -0.1) is 0 Å². The van der Waals surface area contributed by atoms with E-state index in [1.807, 2.05) is 24.3 Å². The zero-order chi connectivity index (χ0) is 19.6. The first-order valence-corrected chi connectivity index (χ1v) is 9.59. The Balaban J connectivity index is 0.000000198. The van der Waals surface area contributed by atoms with E-state index in [2.05, 4.69) is 43.5 Å². The monoisotopic (exact) mass is 598 g/mol.